The van der Waals surface area contributed by atoms with Gasteiger partial charge in [-0.05, 0) is 12.1 Å². The normalized spacial score (nSPS) is 15.2. The Morgan fingerprint density at radius 2 is 1.60 bits per heavy atom. The van der Waals surface area contributed by atoms with Crippen molar-refractivity contribution in [2.45, 2.75) is 0 Å². The van der Waals surface area contributed by atoms with E-state index < -0.39 is 5.82 Å². The summed E-state index contributed by atoms with van der Waals surface area (Å²) in [5.41, 5.74) is 0.0832. The average molecular weight is 279 g/mol. The molecule has 1 saturated heterocycles. The Bertz CT molecular complexity index is 511. The lowest BCUT2D eigenvalue weighted by atomic mass is 10.1. The lowest BCUT2D eigenvalue weighted by molar-refractivity contribution is 0.0645. The van der Waals surface area contributed by atoms with Crippen LogP contribution in [0.4, 0.5) is 9.18 Å². The van der Waals surface area contributed by atoms with Gasteiger partial charge in [-0.15, -0.1) is 0 Å². The number of benzene rings is 1. The van der Waals surface area contributed by atoms with Crippen LogP contribution in [0.15, 0.2) is 24.3 Å². The Balaban J connectivity index is 1.99. The van der Waals surface area contributed by atoms with Crippen molar-refractivity contribution in [3.8, 4) is 0 Å². The van der Waals surface area contributed by atoms with Gasteiger partial charge in [0.2, 0.25) is 0 Å². The number of piperazine rings is 1. The molecule has 0 radical (unpaired) electrons. The molecule has 1 aliphatic rings. The predicted molar refractivity (Wildman–Crippen MR) is 73.0 cm³/mol. The van der Waals surface area contributed by atoms with Crippen LogP contribution in [0.25, 0.3) is 0 Å². The standard InChI is InChI=1S/C14H18FN3O2/c1-16(2)14(20)18-9-7-17(8-10-18)13(19)11-5-3-4-6-12(11)15/h3-6H,7-10H2,1-2H3. The highest BCUT2D eigenvalue weighted by atomic mass is 19.1. The Morgan fingerprint density at radius 3 is 2.15 bits per heavy atom. The van der Waals surface area contributed by atoms with Gasteiger partial charge >= 0.3 is 6.03 Å². The van der Waals surface area contributed by atoms with Crippen molar-refractivity contribution in [1.82, 2.24) is 14.7 Å². The molecule has 108 valence electrons. The zero-order valence-corrected chi connectivity index (χ0v) is 11.7. The minimum Gasteiger partial charge on any atom is -0.335 e. The summed E-state index contributed by atoms with van der Waals surface area (Å²) in [6, 6.07) is 5.89. The molecule has 1 fully saturated rings. The van der Waals surface area contributed by atoms with Crippen LogP contribution < -0.4 is 0 Å². The minimum absolute atomic E-state index is 0.0667. The monoisotopic (exact) mass is 279 g/mol. The summed E-state index contributed by atoms with van der Waals surface area (Å²) >= 11 is 0. The lowest BCUT2D eigenvalue weighted by Crippen LogP contribution is -2.53. The molecule has 0 bridgehead atoms. The number of carbonyl (C=O) groups is 2. The maximum absolute atomic E-state index is 13.6. The van der Waals surface area contributed by atoms with Crippen LogP contribution in [0.2, 0.25) is 0 Å². The zero-order chi connectivity index (χ0) is 14.7. The molecule has 0 aromatic heterocycles. The fraction of sp³-hybridized carbons (Fsp3) is 0.429. The molecule has 1 aromatic carbocycles. The van der Waals surface area contributed by atoms with Crippen molar-refractivity contribution >= 4 is 11.9 Å². The fourth-order valence-electron chi connectivity index (χ4n) is 2.19. The van der Waals surface area contributed by atoms with E-state index in [1.54, 1.807) is 36.0 Å². The van der Waals surface area contributed by atoms with Crippen molar-refractivity contribution < 1.29 is 14.0 Å². The first kappa shape index (κ1) is 14.3. The number of halogens is 1. The molecule has 2 rings (SSSR count). The van der Waals surface area contributed by atoms with Gasteiger partial charge in [-0.3, -0.25) is 4.79 Å². The van der Waals surface area contributed by atoms with Crippen LogP contribution >= 0.6 is 0 Å². The van der Waals surface area contributed by atoms with E-state index in [0.717, 1.165) is 0 Å². The Labute approximate surface area is 117 Å². The summed E-state index contributed by atoms with van der Waals surface area (Å²) in [7, 11) is 3.39. The highest BCUT2D eigenvalue weighted by Crippen LogP contribution is 2.12. The highest BCUT2D eigenvalue weighted by Gasteiger charge is 2.26. The summed E-state index contributed by atoms with van der Waals surface area (Å²) < 4.78 is 13.6. The van der Waals surface area contributed by atoms with Gasteiger partial charge in [0.1, 0.15) is 5.82 Å². The first-order valence-electron chi connectivity index (χ1n) is 6.50. The van der Waals surface area contributed by atoms with Crippen LogP contribution in [0, 0.1) is 5.82 Å². The van der Waals surface area contributed by atoms with Gasteiger partial charge in [0, 0.05) is 40.3 Å². The maximum Gasteiger partial charge on any atom is 0.319 e. The second-order valence-electron chi connectivity index (χ2n) is 4.94. The van der Waals surface area contributed by atoms with Crippen LogP contribution in [0.3, 0.4) is 0 Å². The molecule has 0 N–H and O–H groups in total. The molecule has 3 amide bonds. The van der Waals surface area contributed by atoms with Crippen molar-refractivity contribution in [1.29, 1.82) is 0 Å². The van der Waals surface area contributed by atoms with Crippen LogP contribution in [0.1, 0.15) is 10.4 Å². The first-order chi connectivity index (χ1) is 9.50. The van der Waals surface area contributed by atoms with Gasteiger partial charge in [0.05, 0.1) is 5.56 Å². The topological polar surface area (TPSA) is 43.9 Å². The quantitative estimate of drug-likeness (QED) is 0.777. The molecule has 6 heteroatoms. The first-order valence-corrected chi connectivity index (χ1v) is 6.50. The summed E-state index contributed by atoms with van der Waals surface area (Å²) in [6.45, 7) is 1.79. The van der Waals surface area contributed by atoms with E-state index in [9.17, 15) is 14.0 Å². The van der Waals surface area contributed by atoms with Crippen molar-refractivity contribution in [2.24, 2.45) is 0 Å². The van der Waals surface area contributed by atoms with Crippen LogP contribution in [-0.2, 0) is 0 Å². The third-order valence-electron chi connectivity index (χ3n) is 3.32. The fourth-order valence-corrected chi connectivity index (χ4v) is 2.19. The summed E-state index contributed by atoms with van der Waals surface area (Å²) in [6.07, 6.45) is 0. The molecule has 0 saturated carbocycles. The van der Waals surface area contributed by atoms with E-state index in [4.69, 9.17) is 0 Å². The number of hydrogen-bond acceptors (Lipinski definition) is 2. The zero-order valence-electron chi connectivity index (χ0n) is 11.7. The van der Waals surface area contributed by atoms with E-state index in [-0.39, 0.29) is 17.5 Å². The molecule has 1 aliphatic heterocycles. The average Bonchev–Trinajstić information content (AvgIpc) is 2.46. The number of urea groups is 1. The van der Waals surface area contributed by atoms with Gasteiger partial charge in [-0.1, -0.05) is 12.1 Å². The number of carbonyl (C=O) groups excluding carboxylic acids is 2. The van der Waals surface area contributed by atoms with E-state index in [1.165, 1.54) is 17.0 Å². The SMILES string of the molecule is CN(C)C(=O)N1CCN(C(=O)c2ccccc2F)CC1. The molecule has 1 aromatic rings. The second-order valence-corrected chi connectivity index (χ2v) is 4.94. The summed E-state index contributed by atoms with van der Waals surface area (Å²) in [4.78, 5) is 28.8. The van der Waals surface area contributed by atoms with Crippen molar-refractivity contribution in [3.63, 3.8) is 0 Å². The minimum atomic E-state index is -0.510. The number of nitrogens with zero attached hydrogens (tertiary/aromatic N) is 3. The van der Waals surface area contributed by atoms with E-state index in [2.05, 4.69) is 0 Å². The molecule has 1 heterocycles. The van der Waals surface area contributed by atoms with Gasteiger partial charge in [-0.2, -0.15) is 0 Å². The predicted octanol–water partition coefficient (Wildman–Crippen LogP) is 1.27. The molecule has 0 aliphatic carbocycles. The molecule has 5 nitrogen and oxygen atoms in total. The number of rotatable bonds is 1. The Hall–Kier alpha value is -2.11. The molecule has 0 unspecified atom stereocenters. The largest absolute Gasteiger partial charge is 0.335 e. The second kappa shape index (κ2) is 5.90. The van der Waals surface area contributed by atoms with Gasteiger partial charge < -0.3 is 14.7 Å². The van der Waals surface area contributed by atoms with E-state index in [1.807, 2.05) is 0 Å². The number of hydrogen-bond donors (Lipinski definition) is 0. The van der Waals surface area contributed by atoms with Crippen molar-refractivity contribution in [3.05, 3.63) is 35.6 Å². The van der Waals surface area contributed by atoms with Gasteiger partial charge in [-0.25, -0.2) is 9.18 Å². The smallest absolute Gasteiger partial charge is 0.319 e. The Morgan fingerprint density at radius 1 is 1.05 bits per heavy atom. The third kappa shape index (κ3) is 2.89. The van der Waals surface area contributed by atoms with Gasteiger partial charge in [0.25, 0.3) is 5.91 Å². The lowest BCUT2D eigenvalue weighted by Gasteiger charge is -2.36. The third-order valence-corrected chi connectivity index (χ3v) is 3.32. The number of amides is 3. The summed E-state index contributed by atoms with van der Waals surface area (Å²) in [5, 5.41) is 0. The molecule has 0 spiro atoms. The molecular weight excluding hydrogens is 261 g/mol. The molecular formula is C14H18FN3O2. The summed E-state index contributed by atoms with van der Waals surface area (Å²) in [5.74, 6) is -0.829. The Kier molecular flexibility index (Phi) is 4.22. The highest BCUT2D eigenvalue weighted by molar-refractivity contribution is 5.94. The van der Waals surface area contributed by atoms with Crippen LogP contribution in [0.5, 0.6) is 0 Å². The van der Waals surface area contributed by atoms with E-state index >= 15 is 0 Å². The van der Waals surface area contributed by atoms with Crippen LogP contribution in [-0.4, -0.2) is 66.9 Å². The van der Waals surface area contributed by atoms with Crippen molar-refractivity contribution in [2.75, 3.05) is 40.3 Å². The van der Waals surface area contributed by atoms with E-state index in [0.29, 0.717) is 26.2 Å². The molecule has 20 heavy (non-hydrogen) atoms. The van der Waals surface area contributed by atoms with Gasteiger partial charge in [0.15, 0.2) is 0 Å². The maximum atomic E-state index is 13.6. The molecule has 0 atom stereocenters.